The molecule has 2 atom stereocenters. The molecule has 2 heterocycles. The Labute approximate surface area is 141 Å². The molecule has 2 aromatic carbocycles. The molecular formula is C20H21NO3. The molecule has 24 heavy (non-hydrogen) atoms. The van der Waals surface area contributed by atoms with E-state index in [-0.39, 0.29) is 12.1 Å². The summed E-state index contributed by atoms with van der Waals surface area (Å²) in [6.45, 7) is 1.18. The number of hydrogen-bond acceptors (Lipinski definition) is 4. The van der Waals surface area contributed by atoms with E-state index in [4.69, 9.17) is 9.47 Å². The highest BCUT2D eigenvalue weighted by molar-refractivity contribution is 5.80. The molecule has 0 spiro atoms. The molecule has 4 heteroatoms. The standard InChI is InChI=1S/C20H21NO3/c22-17-11-12-21-18(13-17)19-14-23-20(24-19,15-7-3-1-4-8-15)16-9-5-2-6-10-16/h1-10,18-19,21H,11-14H2/t18-,19+/m1/s1. The summed E-state index contributed by atoms with van der Waals surface area (Å²) in [6, 6.07) is 20.0. The molecule has 2 aromatic rings. The highest BCUT2D eigenvalue weighted by atomic mass is 16.7. The van der Waals surface area contributed by atoms with Gasteiger partial charge in [0.1, 0.15) is 11.9 Å². The lowest BCUT2D eigenvalue weighted by molar-refractivity contribution is -0.148. The number of piperidine rings is 1. The number of ketones is 1. The topological polar surface area (TPSA) is 47.6 Å². The van der Waals surface area contributed by atoms with Gasteiger partial charge in [0.25, 0.3) is 0 Å². The van der Waals surface area contributed by atoms with Crippen molar-refractivity contribution in [1.29, 1.82) is 0 Å². The largest absolute Gasteiger partial charge is 0.339 e. The van der Waals surface area contributed by atoms with Gasteiger partial charge in [-0.05, 0) is 0 Å². The molecule has 0 aliphatic carbocycles. The van der Waals surface area contributed by atoms with Gasteiger partial charge in [-0.1, -0.05) is 60.7 Å². The third kappa shape index (κ3) is 2.77. The third-order valence-electron chi connectivity index (χ3n) is 4.78. The normalized spacial score (nSPS) is 26.4. The van der Waals surface area contributed by atoms with Gasteiger partial charge < -0.3 is 14.8 Å². The highest BCUT2D eigenvalue weighted by Gasteiger charge is 2.47. The first-order valence-electron chi connectivity index (χ1n) is 8.46. The van der Waals surface area contributed by atoms with Gasteiger partial charge in [0.15, 0.2) is 0 Å². The Hall–Kier alpha value is -2.01. The fraction of sp³-hybridized carbons (Fsp3) is 0.350. The third-order valence-corrected chi connectivity index (χ3v) is 4.78. The van der Waals surface area contributed by atoms with Crippen molar-refractivity contribution in [3.05, 3.63) is 71.8 Å². The van der Waals surface area contributed by atoms with Gasteiger partial charge in [-0.25, -0.2) is 0 Å². The van der Waals surface area contributed by atoms with Crippen LogP contribution >= 0.6 is 0 Å². The first-order valence-corrected chi connectivity index (χ1v) is 8.46. The number of rotatable bonds is 3. The summed E-state index contributed by atoms with van der Waals surface area (Å²) < 4.78 is 12.7. The number of benzene rings is 2. The molecule has 0 unspecified atom stereocenters. The summed E-state index contributed by atoms with van der Waals surface area (Å²) in [5, 5.41) is 3.41. The van der Waals surface area contributed by atoms with Crippen LogP contribution in [-0.4, -0.2) is 31.1 Å². The zero-order valence-corrected chi connectivity index (χ0v) is 13.5. The zero-order valence-electron chi connectivity index (χ0n) is 13.5. The van der Waals surface area contributed by atoms with Crippen LogP contribution in [0.25, 0.3) is 0 Å². The molecule has 2 aliphatic heterocycles. The molecule has 2 fully saturated rings. The number of ether oxygens (including phenoxy) is 2. The van der Waals surface area contributed by atoms with Crippen molar-refractivity contribution in [3.8, 4) is 0 Å². The molecule has 2 aliphatic rings. The van der Waals surface area contributed by atoms with Gasteiger partial charge in [0.05, 0.1) is 6.61 Å². The second-order valence-corrected chi connectivity index (χ2v) is 6.37. The quantitative estimate of drug-likeness (QED) is 0.943. The Morgan fingerprint density at radius 2 is 1.58 bits per heavy atom. The van der Waals surface area contributed by atoms with Crippen LogP contribution in [0.15, 0.2) is 60.7 Å². The molecule has 124 valence electrons. The minimum Gasteiger partial charge on any atom is -0.339 e. The maximum Gasteiger partial charge on any atom is 0.222 e. The lowest BCUT2D eigenvalue weighted by atomic mass is 9.96. The smallest absolute Gasteiger partial charge is 0.222 e. The van der Waals surface area contributed by atoms with Gasteiger partial charge in [-0.3, -0.25) is 4.79 Å². The summed E-state index contributed by atoms with van der Waals surface area (Å²) in [5.74, 6) is -0.616. The predicted molar refractivity (Wildman–Crippen MR) is 90.5 cm³/mol. The van der Waals surface area contributed by atoms with Crippen LogP contribution in [0.4, 0.5) is 0 Å². The van der Waals surface area contributed by atoms with Crippen molar-refractivity contribution in [2.24, 2.45) is 0 Å². The van der Waals surface area contributed by atoms with Crippen LogP contribution in [0.3, 0.4) is 0 Å². The first kappa shape index (κ1) is 15.5. The van der Waals surface area contributed by atoms with Gasteiger partial charge in [0.2, 0.25) is 5.79 Å². The molecule has 0 radical (unpaired) electrons. The highest BCUT2D eigenvalue weighted by Crippen LogP contribution is 2.41. The van der Waals surface area contributed by atoms with Gasteiger partial charge in [-0.15, -0.1) is 0 Å². The Morgan fingerprint density at radius 3 is 2.17 bits per heavy atom. The van der Waals surface area contributed by atoms with Crippen LogP contribution in [-0.2, 0) is 20.1 Å². The summed E-state index contributed by atoms with van der Waals surface area (Å²) in [4.78, 5) is 11.8. The summed E-state index contributed by atoms with van der Waals surface area (Å²) >= 11 is 0. The van der Waals surface area contributed by atoms with E-state index in [1.165, 1.54) is 0 Å². The zero-order chi connectivity index (χ0) is 16.4. The maximum atomic E-state index is 11.8. The number of carbonyl (C=O) groups excluding carboxylic acids is 1. The minimum atomic E-state index is -0.907. The molecular weight excluding hydrogens is 302 g/mol. The van der Waals surface area contributed by atoms with Crippen molar-refractivity contribution < 1.29 is 14.3 Å². The van der Waals surface area contributed by atoms with Crippen LogP contribution in [0.5, 0.6) is 0 Å². The lowest BCUT2D eigenvalue weighted by Gasteiger charge is -2.32. The average Bonchev–Trinajstić information content (AvgIpc) is 3.10. The van der Waals surface area contributed by atoms with E-state index in [2.05, 4.69) is 5.32 Å². The molecule has 4 nitrogen and oxygen atoms in total. The summed E-state index contributed by atoms with van der Waals surface area (Å²) in [6.07, 6.45) is 0.968. The lowest BCUT2D eigenvalue weighted by Crippen LogP contribution is -2.47. The van der Waals surface area contributed by atoms with E-state index in [0.29, 0.717) is 31.8 Å². The fourth-order valence-electron chi connectivity index (χ4n) is 3.54. The van der Waals surface area contributed by atoms with Crippen LogP contribution in [0, 0.1) is 0 Å². The van der Waals surface area contributed by atoms with E-state index < -0.39 is 5.79 Å². The molecule has 0 saturated carbocycles. The number of carbonyl (C=O) groups is 1. The Morgan fingerprint density at radius 1 is 0.958 bits per heavy atom. The Balaban J connectivity index is 1.67. The van der Waals surface area contributed by atoms with Crippen molar-refractivity contribution in [2.45, 2.75) is 30.8 Å². The van der Waals surface area contributed by atoms with Crippen molar-refractivity contribution >= 4 is 5.78 Å². The van der Waals surface area contributed by atoms with Crippen molar-refractivity contribution in [1.82, 2.24) is 5.32 Å². The fourth-order valence-corrected chi connectivity index (χ4v) is 3.54. The van der Waals surface area contributed by atoms with Crippen LogP contribution < -0.4 is 5.32 Å². The average molecular weight is 323 g/mol. The molecule has 0 amide bonds. The van der Waals surface area contributed by atoms with Crippen molar-refractivity contribution in [3.63, 3.8) is 0 Å². The molecule has 0 aromatic heterocycles. The van der Waals surface area contributed by atoms with E-state index in [0.717, 1.165) is 11.1 Å². The number of hydrogen-bond donors (Lipinski definition) is 1. The first-order chi connectivity index (χ1) is 11.8. The molecule has 1 N–H and O–H groups in total. The predicted octanol–water partition coefficient (Wildman–Crippen LogP) is 2.62. The Kier molecular flexibility index (Phi) is 4.19. The number of nitrogens with one attached hydrogen (secondary N) is 1. The minimum absolute atomic E-state index is 0.0144. The molecule has 0 bridgehead atoms. The maximum absolute atomic E-state index is 11.8. The monoisotopic (exact) mass is 323 g/mol. The van der Waals surface area contributed by atoms with Gasteiger partial charge in [-0.2, -0.15) is 0 Å². The molecule has 2 saturated heterocycles. The summed E-state index contributed by atoms with van der Waals surface area (Å²) in [7, 11) is 0. The number of Topliss-reactive ketones (excluding diaryl/α,β-unsaturated/α-hetero) is 1. The van der Waals surface area contributed by atoms with Gasteiger partial charge in [0, 0.05) is 36.6 Å². The van der Waals surface area contributed by atoms with E-state index in [1.807, 2.05) is 60.7 Å². The van der Waals surface area contributed by atoms with E-state index in [1.54, 1.807) is 0 Å². The van der Waals surface area contributed by atoms with Crippen LogP contribution in [0.1, 0.15) is 24.0 Å². The second kappa shape index (κ2) is 6.48. The van der Waals surface area contributed by atoms with E-state index >= 15 is 0 Å². The second-order valence-electron chi connectivity index (χ2n) is 6.37. The van der Waals surface area contributed by atoms with Crippen LogP contribution in [0.2, 0.25) is 0 Å². The van der Waals surface area contributed by atoms with Gasteiger partial charge >= 0.3 is 0 Å². The van der Waals surface area contributed by atoms with Crippen molar-refractivity contribution in [2.75, 3.05) is 13.2 Å². The molecule has 4 rings (SSSR count). The SMILES string of the molecule is O=C1CCN[C@@H]([C@@H]2COC(c3ccccc3)(c3ccccc3)O2)C1. The summed E-state index contributed by atoms with van der Waals surface area (Å²) in [5.41, 5.74) is 1.95. The Bertz CT molecular complexity index is 662. The van der Waals surface area contributed by atoms with E-state index in [9.17, 15) is 4.79 Å².